The van der Waals surface area contributed by atoms with E-state index >= 15 is 0 Å². The third kappa shape index (κ3) is 8.62. The van der Waals surface area contributed by atoms with Crippen LogP contribution in [0.4, 0.5) is 9.59 Å². The van der Waals surface area contributed by atoms with E-state index in [1.807, 2.05) is 60.7 Å². The van der Waals surface area contributed by atoms with Gasteiger partial charge in [0.05, 0.1) is 43.2 Å². The van der Waals surface area contributed by atoms with E-state index in [-0.39, 0.29) is 36.3 Å². The van der Waals surface area contributed by atoms with Crippen LogP contribution in [-0.4, -0.2) is 101 Å². The zero-order valence-electron chi connectivity index (χ0n) is 32.6. The normalized spacial score (nSPS) is 17.4. The number of imidazole rings is 1. The SMILES string of the molecule is COC(=O)N[C@H](C)C(=O)N1CCC[C@H]1CNC(=O)c1cnc2cc(-c3ccc(-c4cnc([C@@H]5CCCN5C(=O)[C@H](NC(=O)OC)c5ccccc5)[nH]4)cc3)ccc2c1. The van der Waals surface area contributed by atoms with Crippen molar-refractivity contribution < 1.29 is 33.4 Å². The molecule has 15 heteroatoms. The maximum absolute atomic E-state index is 13.9. The molecular formula is C43H46N8O7. The predicted molar refractivity (Wildman–Crippen MR) is 215 cm³/mol. The molecule has 0 radical (unpaired) electrons. The Kier molecular flexibility index (Phi) is 12.0. The number of hydrogen-bond donors (Lipinski definition) is 4. The number of nitrogens with zero attached hydrogens (tertiary/aromatic N) is 4. The first-order valence-electron chi connectivity index (χ1n) is 19.3. The van der Waals surface area contributed by atoms with Crippen LogP contribution in [0.3, 0.4) is 0 Å². The summed E-state index contributed by atoms with van der Waals surface area (Å²) in [4.78, 5) is 79.9. The molecule has 0 aliphatic carbocycles. The van der Waals surface area contributed by atoms with Gasteiger partial charge in [0, 0.05) is 37.3 Å². The number of likely N-dealkylation sites (tertiary alicyclic amines) is 2. The van der Waals surface area contributed by atoms with Gasteiger partial charge < -0.3 is 40.2 Å². The number of carbonyl (C=O) groups excluding carboxylic acids is 5. The highest BCUT2D eigenvalue weighted by Crippen LogP contribution is 2.34. The van der Waals surface area contributed by atoms with Crippen LogP contribution in [0.1, 0.15) is 66.4 Å². The number of rotatable bonds is 11. The second-order valence-electron chi connectivity index (χ2n) is 14.5. The van der Waals surface area contributed by atoms with Gasteiger partial charge in [0.15, 0.2) is 0 Å². The monoisotopic (exact) mass is 786 g/mol. The first kappa shape index (κ1) is 39.5. The van der Waals surface area contributed by atoms with E-state index in [1.165, 1.54) is 14.2 Å². The first-order valence-corrected chi connectivity index (χ1v) is 19.3. The van der Waals surface area contributed by atoms with Crippen molar-refractivity contribution in [3.05, 3.63) is 108 Å². The number of carbonyl (C=O) groups is 5. The van der Waals surface area contributed by atoms with Gasteiger partial charge in [0.1, 0.15) is 17.9 Å². The van der Waals surface area contributed by atoms with E-state index in [2.05, 4.69) is 35.6 Å². The van der Waals surface area contributed by atoms with E-state index in [1.54, 1.807) is 47.3 Å². The first-order chi connectivity index (χ1) is 28.1. The molecule has 0 saturated carbocycles. The topological polar surface area (TPSA) is 188 Å². The maximum atomic E-state index is 13.9. The van der Waals surface area contributed by atoms with E-state index in [0.29, 0.717) is 30.0 Å². The lowest BCUT2D eigenvalue weighted by atomic mass is 10.0. The molecule has 58 heavy (non-hydrogen) atoms. The van der Waals surface area contributed by atoms with E-state index in [0.717, 1.165) is 59.0 Å². The largest absolute Gasteiger partial charge is 0.453 e. The summed E-state index contributed by atoms with van der Waals surface area (Å²) in [5.41, 5.74) is 5.52. The molecule has 0 bridgehead atoms. The summed E-state index contributed by atoms with van der Waals surface area (Å²) in [5, 5.41) is 8.98. The molecule has 2 aliphatic rings. The molecule has 0 unspecified atom stereocenters. The van der Waals surface area contributed by atoms with Crippen molar-refractivity contribution in [3.63, 3.8) is 0 Å². The van der Waals surface area contributed by atoms with Crippen LogP contribution in [0, 0.1) is 0 Å². The van der Waals surface area contributed by atoms with Gasteiger partial charge >= 0.3 is 12.2 Å². The lowest BCUT2D eigenvalue weighted by Gasteiger charge is -2.28. The molecule has 300 valence electrons. The van der Waals surface area contributed by atoms with Crippen LogP contribution in [0.2, 0.25) is 0 Å². The number of hydrogen-bond acceptors (Lipinski definition) is 9. The standard InChI is InChI=1S/C43H46N8O7/c1-26(47-42(55)57-2)40(53)50-19-7-11-33(50)24-46-39(52)32-21-31-18-17-30(22-34(31)44-23-32)27-13-15-28(16-14-27)35-25-45-38(48-35)36-12-8-20-51(36)41(54)37(49-43(56)58-3)29-9-5-4-6-10-29/h4-6,9-10,13-18,21-23,25-26,33,36-37H,7-8,11-12,19-20,24H2,1-3H3,(H,45,48)(H,46,52)(H,47,55)(H,49,56)/t26-,33+,36+,37-/m1/s1. The predicted octanol–water partition coefficient (Wildman–Crippen LogP) is 5.52. The smallest absolute Gasteiger partial charge is 0.407 e. The molecule has 2 saturated heterocycles. The maximum Gasteiger partial charge on any atom is 0.407 e. The van der Waals surface area contributed by atoms with Crippen molar-refractivity contribution in [2.75, 3.05) is 33.9 Å². The Morgan fingerprint density at radius 3 is 2.22 bits per heavy atom. The van der Waals surface area contributed by atoms with Crippen LogP contribution in [-0.2, 0) is 19.1 Å². The molecule has 3 aromatic carbocycles. The molecule has 2 aromatic heterocycles. The van der Waals surface area contributed by atoms with Crippen molar-refractivity contribution in [1.82, 2.24) is 40.7 Å². The fourth-order valence-corrected chi connectivity index (χ4v) is 7.71. The number of aromatic nitrogens is 3. The summed E-state index contributed by atoms with van der Waals surface area (Å²) in [6.07, 6.45) is 5.07. The van der Waals surface area contributed by atoms with E-state index in [4.69, 9.17) is 4.74 Å². The zero-order chi connectivity index (χ0) is 40.8. The average Bonchev–Trinajstić information content (AvgIpc) is 4.06. The van der Waals surface area contributed by atoms with E-state index < -0.39 is 24.3 Å². The molecule has 4 heterocycles. The van der Waals surface area contributed by atoms with Gasteiger partial charge in [0.2, 0.25) is 5.91 Å². The van der Waals surface area contributed by atoms with Crippen LogP contribution >= 0.6 is 0 Å². The molecule has 2 fully saturated rings. The summed E-state index contributed by atoms with van der Waals surface area (Å²) >= 11 is 0. The Hall–Kier alpha value is -6.77. The molecule has 4 N–H and O–H groups in total. The number of methoxy groups -OCH3 is 2. The summed E-state index contributed by atoms with van der Waals surface area (Å²) in [7, 11) is 2.52. The number of alkyl carbamates (subject to hydrolysis) is 2. The van der Waals surface area contributed by atoms with Gasteiger partial charge in [-0.1, -0.05) is 66.7 Å². The Morgan fingerprint density at radius 1 is 0.776 bits per heavy atom. The Balaban J connectivity index is 0.984. The molecular weight excluding hydrogens is 741 g/mol. The third-order valence-corrected chi connectivity index (χ3v) is 10.8. The van der Waals surface area contributed by atoms with Gasteiger partial charge in [0.25, 0.3) is 11.8 Å². The van der Waals surface area contributed by atoms with Crippen molar-refractivity contribution >= 4 is 40.8 Å². The lowest BCUT2D eigenvalue weighted by Crippen LogP contribution is -2.51. The Morgan fingerprint density at radius 2 is 1.47 bits per heavy atom. The highest BCUT2D eigenvalue weighted by atomic mass is 16.5. The summed E-state index contributed by atoms with van der Waals surface area (Å²) in [6.45, 7) is 2.99. The zero-order valence-corrected chi connectivity index (χ0v) is 32.6. The summed E-state index contributed by atoms with van der Waals surface area (Å²) in [5.74, 6) is -0.0504. The number of ether oxygens (including phenoxy) is 2. The number of nitrogens with one attached hydrogen (secondary N) is 4. The minimum Gasteiger partial charge on any atom is -0.453 e. The fraction of sp³-hybridized carbons (Fsp3) is 0.326. The number of fused-ring (bicyclic) bond motifs is 1. The van der Waals surface area contributed by atoms with Gasteiger partial charge in [-0.05, 0) is 67.0 Å². The number of benzene rings is 3. The molecule has 4 atom stereocenters. The second kappa shape index (κ2) is 17.6. The van der Waals surface area contributed by atoms with Crippen molar-refractivity contribution in [2.45, 2.75) is 56.8 Å². The van der Waals surface area contributed by atoms with Gasteiger partial charge in [-0.3, -0.25) is 19.4 Å². The van der Waals surface area contributed by atoms with Crippen LogP contribution < -0.4 is 16.0 Å². The molecule has 5 amide bonds. The van der Waals surface area contributed by atoms with Crippen LogP contribution in [0.5, 0.6) is 0 Å². The summed E-state index contributed by atoms with van der Waals surface area (Å²) < 4.78 is 9.42. The van der Waals surface area contributed by atoms with E-state index in [9.17, 15) is 24.0 Å². The van der Waals surface area contributed by atoms with Gasteiger partial charge in [-0.15, -0.1) is 0 Å². The molecule has 7 rings (SSSR count). The van der Waals surface area contributed by atoms with Crippen molar-refractivity contribution in [3.8, 4) is 22.4 Å². The van der Waals surface area contributed by atoms with Gasteiger partial charge in [-0.2, -0.15) is 0 Å². The third-order valence-electron chi connectivity index (χ3n) is 10.8. The van der Waals surface area contributed by atoms with Crippen molar-refractivity contribution in [1.29, 1.82) is 0 Å². The summed E-state index contributed by atoms with van der Waals surface area (Å²) in [6, 6.07) is 22.8. The second-order valence-corrected chi connectivity index (χ2v) is 14.5. The molecule has 5 aromatic rings. The molecule has 0 spiro atoms. The Labute approximate surface area is 335 Å². The highest BCUT2D eigenvalue weighted by Gasteiger charge is 2.37. The Bertz CT molecular complexity index is 2300. The number of amides is 5. The van der Waals surface area contributed by atoms with Crippen LogP contribution in [0.25, 0.3) is 33.3 Å². The van der Waals surface area contributed by atoms with Crippen molar-refractivity contribution in [2.24, 2.45) is 0 Å². The molecule has 15 nitrogen and oxygen atoms in total. The number of H-pyrrole nitrogens is 1. The highest BCUT2D eigenvalue weighted by molar-refractivity contribution is 5.98. The lowest BCUT2D eigenvalue weighted by molar-refractivity contribution is -0.135. The fourth-order valence-electron chi connectivity index (χ4n) is 7.71. The van der Waals surface area contributed by atoms with Gasteiger partial charge in [-0.25, -0.2) is 14.6 Å². The number of pyridine rings is 1. The van der Waals surface area contributed by atoms with Crippen LogP contribution in [0.15, 0.2) is 91.3 Å². The molecule has 2 aliphatic heterocycles. The minimum absolute atomic E-state index is 0.180. The average molecular weight is 787 g/mol. The quantitative estimate of drug-likeness (QED) is 0.134. The number of aromatic amines is 1. The minimum atomic E-state index is -0.893.